The van der Waals surface area contributed by atoms with Crippen molar-refractivity contribution in [2.24, 2.45) is 0 Å². The Balaban J connectivity index is 2.12. The van der Waals surface area contributed by atoms with Crippen LogP contribution in [0.2, 0.25) is 0 Å². The van der Waals surface area contributed by atoms with Gasteiger partial charge in [-0.25, -0.2) is 0 Å². The standard InChI is InChI=1S/C14H17NO/c1-12(16)14-9-5-6-10-15(14)11-13-7-3-2-4-8-13/h2-4,7-9H,5-6,10-11H2,1H3. The highest BCUT2D eigenvalue weighted by Gasteiger charge is 2.16. The van der Waals surface area contributed by atoms with E-state index < -0.39 is 0 Å². The van der Waals surface area contributed by atoms with E-state index in [9.17, 15) is 4.79 Å². The van der Waals surface area contributed by atoms with Crippen LogP contribution in [0.25, 0.3) is 0 Å². The summed E-state index contributed by atoms with van der Waals surface area (Å²) in [5.41, 5.74) is 2.15. The molecule has 0 N–H and O–H groups in total. The highest BCUT2D eigenvalue weighted by Crippen LogP contribution is 2.18. The van der Waals surface area contributed by atoms with Gasteiger partial charge in [-0.1, -0.05) is 36.4 Å². The minimum Gasteiger partial charge on any atom is -0.365 e. The fraction of sp³-hybridized carbons (Fsp3) is 0.357. The van der Waals surface area contributed by atoms with Crippen LogP contribution in [-0.4, -0.2) is 17.2 Å². The first kappa shape index (κ1) is 10.9. The van der Waals surface area contributed by atoms with Crippen molar-refractivity contribution in [3.8, 4) is 0 Å². The van der Waals surface area contributed by atoms with E-state index in [1.165, 1.54) is 5.56 Å². The Bertz CT molecular complexity index is 394. The predicted octanol–water partition coefficient (Wildman–Crippen LogP) is 2.76. The molecule has 0 unspecified atom stereocenters. The third-order valence-electron chi connectivity index (χ3n) is 2.89. The molecular formula is C14H17NO. The van der Waals surface area contributed by atoms with E-state index in [4.69, 9.17) is 0 Å². The van der Waals surface area contributed by atoms with Crippen LogP contribution in [0.5, 0.6) is 0 Å². The smallest absolute Gasteiger partial charge is 0.175 e. The average molecular weight is 215 g/mol. The highest BCUT2D eigenvalue weighted by atomic mass is 16.1. The molecule has 2 heteroatoms. The van der Waals surface area contributed by atoms with Gasteiger partial charge in [-0.05, 0) is 18.4 Å². The van der Waals surface area contributed by atoms with Gasteiger partial charge >= 0.3 is 0 Å². The molecule has 0 fully saturated rings. The molecule has 1 aromatic rings. The third-order valence-corrected chi connectivity index (χ3v) is 2.89. The van der Waals surface area contributed by atoms with E-state index in [1.807, 2.05) is 18.2 Å². The molecule has 1 aromatic carbocycles. The topological polar surface area (TPSA) is 20.3 Å². The lowest BCUT2D eigenvalue weighted by molar-refractivity contribution is -0.115. The summed E-state index contributed by atoms with van der Waals surface area (Å²) in [4.78, 5) is 13.7. The van der Waals surface area contributed by atoms with E-state index in [0.717, 1.165) is 31.6 Å². The number of carbonyl (C=O) groups is 1. The van der Waals surface area contributed by atoms with E-state index >= 15 is 0 Å². The number of benzene rings is 1. The first-order valence-corrected chi connectivity index (χ1v) is 5.77. The molecule has 1 aliphatic heterocycles. The molecule has 0 saturated heterocycles. The van der Waals surface area contributed by atoms with Crippen molar-refractivity contribution in [3.05, 3.63) is 47.7 Å². The summed E-state index contributed by atoms with van der Waals surface area (Å²) < 4.78 is 0. The summed E-state index contributed by atoms with van der Waals surface area (Å²) in [5, 5.41) is 0. The van der Waals surface area contributed by atoms with Gasteiger partial charge in [0.2, 0.25) is 0 Å². The van der Waals surface area contributed by atoms with Crippen LogP contribution in [0.1, 0.15) is 25.3 Å². The quantitative estimate of drug-likeness (QED) is 0.772. The first-order chi connectivity index (χ1) is 7.77. The van der Waals surface area contributed by atoms with Gasteiger partial charge in [-0.2, -0.15) is 0 Å². The number of carbonyl (C=O) groups excluding carboxylic acids is 1. The van der Waals surface area contributed by atoms with Crippen LogP contribution < -0.4 is 0 Å². The molecule has 16 heavy (non-hydrogen) atoms. The van der Waals surface area contributed by atoms with Gasteiger partial charge in [0.05, 0.1) is 5.70 Å². The maximum Gasteiger partial charge on any atom is 0.175 e. The zero-order valence-electron chi connectivity index (χ0n) is 9.65. The second-order valence-corrected chi connectivity index (χ2v) is 4.19. The van der Waals surface area contributed by atoms with Gasteiger partial charge in [0, 0.05) is 20.0 Å². The zero-order chi connectivity index (χ0) is 11.4. The summed E-state index contributed by atoms with van der Waals surface area (Å²) in [6, 6.07) is 10.3. The Morgan fingerprint density at radius 1 is 1.31 bits per heavy atom. The average Bonchev–Trinajstić information content (AvgIpc) is 2.31. The summed E-state index contributed by atoms with van der Waals surface area (Å²) in [5.74, 6) is 0.177. The van der Waals surface area contributed by atoms with Crippen LogP contribution in [0.4, 0.5) is 0 Å². The number of allylic oxidation sites excluding steroid dienone is 2. The van der Waals surface area contributed by atoms with Crippen molar-refractivity contribution in [2.45, 2.75) is 26.3 Å². The second-order valence-electron chi connectivity index (χ2n) is 4.19. The monoisotopic (exact) mass is 215 g/mol. The van der Waals surface area contributed by atoms with Crippen LogP contribution in [0.15, 0.2) is 42.1 Å². The van der Waals surface area contributed by atoms with Crippen LogP contribution >= 0.6 is 0 Å². The highest BCUT2D eigenvalue weighted by molar-refractivity contribution is 5.92. The lowest BCUT2D eigenvalue weighted by Crippen LogP contribution is -2.29. The number of Topliss-reactive ketones (excluding diaryl/α,β-unsaturated/α-hetero) is 1. The molecule has 1 heterocycles. The first-order valence-electron chi connectivity index (χ1n) is 5.77. The Labute approximate surface area is 96.6 Å². The molecule has 0 aromatic heterocycles. The van der Waals surface area contributed by atoms with Gasteiger partial charge in [0.1, 0.15) is 0 Å². The molecule has 2 rings (SSSR count). The van der Waals surface area contributed by atoms with Crippen molar-refractivity contribution in [1.29, 1.82) is 0 Å². The van der Waals surface area contributed by atoms with Gasteiger partial charge in [0.25, 0.3) is 0 Å². The predicted molar refractivity (Wildman–Crippen MR) is 64.9 cm³/mol. The zero-order valence-corrected chi connectivity index (χ0v) is 9.65. The van der Waals surface area contributed by atoms with E-state index in [0.29, 0.717) is 0 Å². The van der Waals surface area contributed by atoms with E-state index in [1.54, 1.807) is 6.92 Å². The SMILES string of the molecule is CC(=O)C1=CCCCN1Cc1ccccc1. The molecule has 0 bridgehead atoms. The summed E-state index contributed by atoms with van der Waals surface area (Å²) in [6.45, 7) is 3.47. The fourth-order valence-electron chi connectivity index (χ4n) is 2.10. The second kappa shape index (κ2) is 4.97. The maximum atomic E-state index is 11.5. The molecule has 84 valence electrons. The van der Waals surface area contributed by atoms with Crippen molar-refractivity contribution in [2.75, 3.05) is 6.54 Å². The van der Waals surface area contributed by atoms with Gasteiger partial charge < -0.3 is 4.90 Å². The number of rotatable bonds is 3. The molecular weight excluding hydrogens is 198 g/mol. The minimum atomic E-state index is 0.177. The van der Waals surface area contributed by atoms with Crippen LogP contribution in [-0.2, 0) is 11.3 Å². The Kier molecular flexibility index (Phi) is 3.40. The molecule has 1 aliphatic rings. The van der Waals surface area contributed by atoms with E-state index in [-0.39, 0.29) is 5.78 Å². The lowest BCUT2D eigenvalue weighted by atomic mass is 10.1. The third kappa shape index (κ3) is 2.51. The molecule has 0 atom stereocenters. The van der Waals surface area contributed by atoms with Gasteiger partial charge in [-0.15, -0.1) is 0 Å². The Morgan fingerprint density at radius 3 is 2.75 bits per heavy atom. The minimum absolute atomic E-state index is 0.177. The largest absolute Gasteiger partial charge is 0.365 e. The van der Waals surface area contributed by atoms with Crippen molar-refractivity contribution < 1.29 is 4.79 Å². The molecule has 0 amide bonds. The molecule has 0 spiro atoms. The fourth-order valence-corrected chi connectivity index (χ4v) is 2.10. The van der Waals surface area contributed by atoms with Crippen LogP contribution in [0.3, 0.4) is 0 Å². The lowest BCUT2D eigenvalue weighted by Gasteiger charge is -2.29. The van der Waals surface area contributed by atoms with Crippen LogP contribution in [0, 0.1) is 0 Å². The van der Waals surface area contributed by atoms with Gasteiger partial charge in [-0.3, -0.25) is 4.79 Å². The molecule has 0 aliphatic carbocycles. The number of ketones is 1. The van der Waals surface area contributed by atoms with Crippen molar-refractivity contribution in [3.63, 3.8) is 0 Å². The normalized spacial score (nSPS) is 15.8. The maximum absolute atomic E-state index is 11.5. The number of hydrogen-bond acceptors (Lipinski definition) is 2. The summed E-state index contributed by atoms with van der Waals surface area (Å²) >= 11 is 0. The van der Waals surface area contributed by atoms with Crippen molar-refractivity contribution >= 4 is 5.78 Å². The van der Waals surface area contributed by atoms with Crippen molar-refractivity contribution in [1.82, 2.24) is 4.90 Å². The molecule has 0 radical (unpaired) electrons. The molecule has 2 nitrogen and oxygen atoms in total. The number of nitrogens with zero attached hydrogens (tertiary/aromatic N) is 1. The Morgan fingerprint density at radius 2 is 2.06 bits per heavy atom. The Hall–Kier alpha value is -1.57. The molecule has 0 saturated carbocycles. The summed E-state index contributed by atoms with van der Waals surface area (Å²) in [7, 11) is 0. The van der Waals surface area contributed by atoms with E-state index in [2.05, 4.69) is 23.1 Å². The number of hydrogen-bond donors (Lipinski definition) is 0. The summed E-state index contributed by atoms with van der Waals surface area (Å²) in [6.07, 6.45) is 4.23. The van der Waals surface area contributed by atoms with Gasteiger partial charge in [0.15, 0.2) is 5.78 Å².